The average molecular weight is 224 g/mol. The Morgan fingerprint density at radius 1 is 1.20 bits per heavy atom. The van der Waals surface area contributed by atoms with E-state index in [1.54, 1.807) is 6.20 Å². The molecule has 0 radical (unpaired) electrons. The Labute approximate surface area is 97.9 Å². The van der Waals surface area contributed by atoms with Crippen molar-refractivity contribution >= 4 is 12.6 Å². The predicted molar refractivity (Wildman–Crippen MR) is 67.2 cm³/mol. The second-order valence-corrected chi connectivity index (χ2v) is 6.85. The maximum atomic E-state index is 4.54. The molecule has 1 aromatic heterocycles. The highest BCUT2D eigenvalue weighted by Crippen LogP contribution is 2.27. The molecule has 0 N–H and O–H groups in total. The summed E-state index contributed by atoms with van der Waals surface area (Å²) in [6.07, 6.45) is 2.73. The number of hydrogen-bond donors (Lipinski definition) is 1. The van der Waals surface area contributed by atoms with Crippen LogP contribution in [0.25, 0.3) is 0 Å². The summed E-state index contributed by atoms with van der Waals surface area (Å²) >= 11 is 4.54. The summed E-state index contributed by atoms with van der Waals surface area (Å²) in [5, 5.41) is 8.19. The van der Waals surface area contributed by atoms with Gasteiger partial charge in [0.2, 0.25) is 0 Å². The lowest BCUT2D eigenvalue weighted by atomic mass is 9.89. The lowest BCUT2D eigenvalue weighted by Crippen LogP contribution is -2.14. The largest absolute Gasteiger partial charge is 0.168 e. The van der Waals surface area contributed by atoms with Crippen molar-refractivity contribution < 1.29 is 0 Å². The van der Waals surface area contributed by atoms with E-state index < -0.39 is 0 Å². The Morgan fingerprint density at radius 2 is 1.80 bits per heavy atom. The van der Waals surface area contributed by atoms with Crippen molar-refractivity contribution in [1.29, 1.82) is 0 Å². The number of thiol groups is 1. The number of aromatic nitrogens is 2. The Kier molecular flexibility index (Phi) is 3.44. The van der Waals surface area contributed by atoms with Crippen LogP contribution in [0.4, 0.5) is 0 Å². The fourth-order valence-corrected chi connectivity index (χ4v) is 1.50. The van der Waals surface area contributed by atoms with Gasteiger partial charge in [-0.3, -0.25) is 0 Å². The van der Waals surface area contributed by atoms with Gasteiger partial charge in [0.05, 0.1) is 11.9 Å². The predicted octanol–water partition coefficient (Wildman–Crippen LogP) is 3.23. The highest BCUT2D eigenvalue weighted by molar-refractivity contribution is 7.81. The minimum absolute atomic E-state index is 0.150. The summed E-state index contributed by atoms with van der Waals surface area (Å²) in [5.41, 5.74) is 2.41. The number of rotatable bonds is 2. The van der Waals surface area contributed by atoms with Gasteiger partial charge in [-0.15, -0.1) is 0 Å². The first-order valence-electron chi connectivity index (χ1n) is 5.23. The molecule has 0 saturated carbocycles. The molecule has 1 heterocycles. The smallest absolute Gasteiger partial charge is 0.0639 e. The fraction of sp³-hybridized carbons (Fsp3) is 0.667. The van der Waals surface area contributed by atoms with E-state index in [9.17, 15) is 0 Å². The molecule has 0 aliphatic heterocycles. The molecular formula is C12H20N2S. The van der Waals surface area contributed by atoms with Crippen molar-refractivity contribution in [2.75, 3.05) is 0 Å². The maximum absolute atomic E-state index is 4.54. The van der Waals surface area contributed by atoms with Crippen LogP contribution < -0.4 is 0 Å². The molecule has 0 aromatic carbocycles. The first-order chi connectivity index (χ1) is 6.68. The Balaban J connectivity index is 2.94. The molecule has 0 amide bonds. The summed E-state index contributed by atoms with van der Waals surface area (Å²) in [5.74, 6) is 0. The lowest BCUT2D eigenvalue weighted by Gasteiger charge is -2.20. The third-order valence-corrected chi connectivity index (χ3v) is 2.38. The summed E-state index contributed by atoms with van der Waals surface area (Å²) in [4.78, 5) is 0. The van der Waals surface area contributed by atoms with Gasteiger partial charge in [0.25, 0.3) is 0 Å². The summed E-state index contributed by atoms with van der Waals surface area (Å²) in [6, 6.07) is 2.10. The van der Waals surface area contributed by atoms with Crippen molar-refractivity contribution in [3.8, 4) is 0 Å². The molecule has 0 unspecified atom stereocenters. The van der Waals surface area contributed by atoms with Gasteiger partial charge in [-0.2, -0.15) is 22.8 Å². The van der Waals surface area contributed by atoms with Gasteiger partial charge < -0.3 is 0 Å². The molecule has 0 aliphatic rings. The molecule has 0 saturated heterocycles. The van der Waals surface area contributed by atoms with E-state index >= 15 is 0 Å². The summed E-state index contributed by atoms with van der Waals surface area (Å²) < 4.78 is -0.150. The van der Waals surface area contributed by atoms with Crippen LogP contribution >= 0.6 is 12.6 Å². The van der Waals surface area contributed by atoms with Crippen molar-refractivity contribution in [3.63, 3.8) is 0 Å². The van der Waals surface area contributed by atoms with E-state index in [1.807, 2.05) is 0 Å². The standard InChI is InChI=1S/C12H20N2S/c1-11(2,3)7-10-6-9(8-13-14-10)12(4,5)15/h6,8,15H,7H2,1-5H3. The quantitative estimate of drug-likeness (QED) is 0.780. The zero-order chi connectivity index (χ0) is 11.7. The summed E-state index contributed by atoms with van der Waals surface area (Å²) in [7, 11) is 0. The van der Waals surface area contributed by atoms with Gasteiger partial charge in [0.1, 0.15) is 0 Å². The molecule has 1 rings (SSSR count). The lowest BCUT2D eigenvalue weighted by molar-refractivity contribution is 0.404. The maximum Gasteiger partial charge on any atom is 0.0639 e. The monoisotopic (exact) mass is 224 g/mol. The van der Waals surface area contributed by atoms with E-state index in [-0.39, 0.29) is 10.2 Å². The van der Waals surface area contributed by atoms with Gasteiger partial charge >= 0.3 is 0 Å². The Hall–Kier alpha value is -0.570. The molecule has 0 fully saturated rings. The van der Waals surface area contributed by atoms with Gasteiger partial charge in [-0.1, -0.05) is 20.8 Å². The molecule has 3 heteroatoms. The van der Waals surface area contributed by atoms with E-state index in [4.69, 9.17) is 0 Å². The van der Waals surface area contributed by atoms with E-state index in [1.165, 1.54) is 0 Å². The van der Waals surface area contributed by atoms with Gasteiger partial charge in [0.15, 0.2) is 0 Å². The van der Waals surface area contributed by atoms with Crippen molar-refractivity contribution in [3.05, 3.63) is 23.5 Å². The molecule has 2 nitrogen and oxygen atoms in total. The molecule has 0 bridgehead atoms. The molecule has 0 atom stereocenters. The van der Waals surface area contributed by atoms with Crippen LogP contribution in [-0.2, 0) is 11.2 Å². The van der Waals surface area contributed by atoms with E-state index in [0.717, 1.165) is 17.7 Å². The Bertz CT molecular complexity index is 334. The second kappa shape index (κ2) is 4.12. The van der Waals surface area contributed by atoms with Crippen molar-refractivity contribution in [2.45, 2.75) is 45.8 Å². The zero-order valence-corrected chi connectivity index (χ0v) is 11.1. The van der Waals surface area contributed by atoms with Crippen LogP contribution in [0.2, 0.25) is 0 Å². The first-order valence-corrected chi connectivity index (χ1v) is 5.68. The highest BCUT2D eigenvalue weighted by atomic mass is 32.1. The zero-order valence-electron chi connectivity index (χ0n) is 10.2. The van der Waals surface area contributed by atoms with Crippen LogP contribution in [0.5, 0.6) is 0 Å². The molecule has 1 aromatic rings. The first kappa shape index (κ1) is 12.5. The normalized spacial score (nSPS) is 12.9. The van der Waals surface area contributed by atoms with Crippen LogP contribution in [0.15, 0.2) is 12.3 Å². The molecule has 0 aliphatic carbocycles. The van der Waals surface area contributed by atoms with Crippen LogP contribution in [0, 0.1) is 5.41 Å². The minimum Gasteiger partial charge on any atom is -0.168 e. The van der Waals surface area contributed by atoms with Gasteiger partial charge in [0, 0.05) is 4.75 Å². The van der Waals surface area contributed by atoms with Crippen LogP contribution in [-0.4, -0.2) is 10.2 Å². The van der Waals surface area contributed by atoms with Gasteiger partial charge in [-0.05, 0) is 37.3 Å². The third-order valence-electron chi connectivity index (χ3n) is 2.12. The number of hydrogen-bond acceptors (Lipinski definition) is 3. The topological polar surface area (TPSA) is 25.8 Å². The fourth-order valence-electron chi connectivity index (χ4n) is 1.38. The minimum atomic E-state index is -0.150. The molecule has 15 heavy (non-hydrogen) atoms. The number of nitrogens with zero attached hydrogens (tertiary/aromatic N) is 2. The van der Waals surface area contributed by atoms with Crippen molar-refractivity contribution in [1.82, 2.24) is 10.2 Å². The molecule has 84 valence electrons. The summed E-state index contributed by atoms with van der Waals surface area (Å²) in [6.45, 7) is 10.7. The average Bonchev–Trinajstić information content (AvgIpc) is 1.99. The second-order valence-electron chi connectivity index (χ2n) is 5.73. The SMILES string of the molecule is CC(C)(C)Cc1cc(C(C)(C)S)cnn1. The Morgan fingerprint density at radius 3 is 2.27 bits per heavy atom. The van der Waals surface area contributed by atoms with Crippen LogP contribution in [0.1, 0.15) is 45.9 Å². The van der Waals surface area contributed by atoms with Gasteiger partial charge in [-0.25, -0.2) is 0 Å². The van der Waals surface area contributed by atoms with Crippen molar-refractivity contribution in [2.24, 2.45) is 5.41 Å². The van der Waals surface area contributed by atoms with E-state index in [2.05, 4.69) is 63.5 Å². The molecule has 0 spiro atoms. The molecular weight excluding hydrogens is 204 g/mol. The highest BCUT2D eigenvalue weighted by Gasteiger charge is 2.18. The third kappa shape index (κ3) is 4.20. The van der Waals surface area contributed by atoms with Crippen LogP contribution in [0.3, 0.4) is 0 Å². The van der Waals surface area contributed by atoms with E-state index in [0.29, 0.717) is 0 Å².